The Morgan fingerprint density at radius 1 is 1.33 bits per heavy atom. The van der Waals surface area contributed by atoms with E-state index in [1.807, 2.05) is 0 Å². The summed E-state index contributed by atoms with van der Waals surface area (Å²) in [6.45, 7) is 0.835. The normalized spacial score (nSPS) is 10.4. The van der Waals surface area contributed by atoms with Crippen LogP contribution in [0.15, 0.2) is 24.3 Å². The predicted octanol–water partition coefficient (Wildman–Crippen LogP) is 0.442. The Kier molecular flexibility index (Phi) is 7.73. The molecule has 1 aromatic carbocycles. The fourth-order valence-electron chi connectivity index (χ4n) is 1.00. The van der Waals surface area contributed by atoms with Crippen LogP contribution in [-0.4, -0.2) is 52.0 Å². The van der Waals surface area contributed by atoms with E-state index in [2.05, 4.69) is 9.84 Å². The molecule has 1 rings (SSSR count). The maximum absolute atomic E-state index is 10.7. The van der Waals surface area contributed by atoms with Crippen molar-refractivity contribution in [3.63, 3.8) is 0 Å². The van der Waals surface area contributed by atoms with Crippen molar-refractivity contribution < 1.29 is 28.4 Å². The van der Waals surface area contributed by atoms with Crippen LogP contribution >= 0.6 is 7.82 Å². The van der Waals surface area contributed by atoms with E-state index in [1.165, 1.54) is 19.1 Å². The first-order chi connectivity index (χ1) is 7.87. The van der Waals surface area contributed by atoms with Crippen LogP contribution in [0.5, 0.6) is 5.75 Å². The predicted molar refractivity (Wildman–Crippen MR) is 66.5 cm³/mol. The van der Waals surface area contributed by atoms with Crippen molar-refractivity contribution in [3.8, 4) is 5.75 Å². The summed E-state index contributed by atoms with van der Waals surface area (Å²) in [7, 11) is -4.51. The third kappa shape index (κ3) is 7.84. The Balaban J connectivity index is 0.00000289. The molecule has 0 fully saturated rings. The number of phosphoric ester groups is 1. The molecule has 0 spiro atoms. The van der Waals surface area contributed by atoms with Crippen molar-refractivity contribution in [1.29, 1.82) is 0 Å². The first-order valence-electron chi connectivity index (χ1n) is 4.57. The van der Waals surface area contributed by atoms with Gasteiger partial charge < -0.3 is 19.8 Å². The van der Waals surface area contributed by atoms with E-state index in [4.69, 9.17) is 14.5 Å². The number of benzene rings is 1. The van der Waals surface area contributed by atoms with Crippen LogP contribution in [0.3, 0.4) is 0 Å². The van der Waals surface area contributed by atoms with Gasteiger partial charge in [0.2, 0.25) is 5.91 Å². The van der Waals surface area contributed by atoms with Gasteiger partial charge in [0.15, 0.2) is 6.79 Å². The molecule has 1 amide bonds. The minimum absolute atomic E-state index is 0. The van der Waals surface area contributed by atoms with Crippen molar-refractivity contribution in [2.45, 2.75) is 6.92 Å². The molecule has 0 aliphatic carbocycles. The van der Waals surface area contributed by atoms with Crippen molar-refractivity contribution in [2.75, 3.05) is 12.1 Å². The number of carbonyl (C=O) groups excluding carboxylic acids is 1. The molecule has 0 unspecified atom stereocenters. The molecule has 0 saturated heterocycles. The summed E-state index contributed by atoms with van der Waals surface area (Å²) in [5, 5.41) is 2.56. The number of nitrogens with one attached hydrogen (secondary N) is 1. The summed E-state index contributed by atoms with van der Waals surface area (Å²) in [6, 6.07) is 6.26. The molecule has 0 aliphatic rings. The summed E-state index contributed by atoms with van der Waals surface area (Å²) in [6.07, 6.45) is 0. The second-order valence-electron chi connectivity index (χ2n) is 3.09. The third-order valence-corrected chi connectivity index (χ3v) is 2.06. The second-order valence-corrected chi connectivity index (χ2v) is 4.33. The summed E-state index contributed by atoms with van der Waals surface area (Å²) in [5.74, 6) is 0.177. The van der Waals surface area contributed by atoms with Crippen LogP contribution < -0.4 is 10.1 Å². The standard InChI is InChI=1S/C9H12NO6P.Na.H/c1-7(11)10-8-2-4-9(5-3-8)15-6-16-17(12,13)14;;/h2-5H,6H2,1H3,(H,10,11)(H2,12,13,14);;. The van der Waals surface area contributed by atoms with Gasteiger partial charge in [0.25, 0.3) is 0 Å². The van der Waals surface area contributed by atoms with E-state index in [9.17, 15) is 9.36 Å². The minimum atomic E-state index is -4.51. The van der Waals surface area contributed by atoms with Crippen LogP contribution in [0.4, 0.5) is 5.69 Å². The molecule has 0 saturated carbocycles. The first kappa shape index (κ1) is 17.6. The third-order valence-electron chi connectivity index (χ3n) is 1.62. The van der Waals surface area contributed by atoms with Gasteiger partial charge in [-0.3, -0.25) is 4.79 Å². The number of hydrogen-bond acceptors (Lipinski definition) is 4. The molecule has 0 radical (unpaired) electrons. The molecule has 7 nitrogen and oxygen atoms in total. The van der Waals surface area contributed by atoms with Gasteiger partial charge in [0.05, 0.1) is 0 Å². The Bertz CT molecular complexity index is 431. The van der Waals surface area contributed by atoms with E-state index in [0.29, 0.717) is 11.4 Å². The molecular formula is C9H13NNaO6P. The SMILES string of the molecule is CC(=O)Nc1ccc(OCOP(=O)(O)O)cc1.[NaH]. The zero-order chi connectivity index (χ0) is 12.9. The Morgan fingerprint density at radius 3 is 2.33 bits per heavy atom. The number of phosphoric acid groups is 1. The first-order valence-corrected chi connectivity index (χ1v) is 6.10. The van der Waals surface area contributed by atoms with Crippen molar-refractivity contribution in [3.05, 3.63) is 24.3 Å². The van der Waals surface area contributed by atoms with Gasteiger partial charge in [-0.15, -0.1) is 0 Å². The molecule has 96 valence electrons. The molecule has 0 atom stereocenters. The summed E-state index contributed by atoms with van der Waals surface area (Å²) >= 11 is 0. The molecule has 0 aliphatic heterocycles. The van der Waals surface area contributed by atoms with Gasteiger partial charge in [-0.1, -0.05) is 0 Å². The van der Waals surface area contributed by atoms with E-state index >= 15 is 0 Å². The Labute approximate surface area is 126 Å². The fourth-order valence-corrected chi connectivity index (χ4v) is 1.19. The van der Waals surface area contributed by atoms with Crippen LogP contribution in [0, 0.1) is 0 Å². The fraction of sp³-hybridized carbons (Fsp3) is 0.222. The number of anilines is 1. The Hall–Kier alpha value is -0.400. The molecule has 0 aromatic heterocycles. The van der Waals surface area contributed by atoms with E-state index < -0.39 is 14.6 Å². The quantitative estimate of drug-likeness (QED) is 0.412. The topological polar surface area (TPSA) is 105 Å². The van der Waals surface area contributed by atoms with Crippen LogP contribution in [0.2, 0.25) is 0 Å². The number of ether oxygens (including phenoxy) is 1. The van der Waals surface area contributed by atoms with Gasteiger partial charge in [0, 0.05) is 12.6 Å². The van der Waals surface area contributed by atoms with Gasteiger partial charge in [-0.25, -0.2) is 9.09 Å². The maximum atomic E-state index is 10.7. The Morgan fingerprint density at radius 2 is 1.89 bits per heavy atom. The molecule has 0 bridgehead atoms. The summed E-state index contributed by atoms with van der Waals surface area (Å²) in [4.78, 5) is 27.5. The number of hydrogen-bond donors (Lipinski definition) is 3. The summed E-state index contributed by atoms with van der Waals surface area (Å²) in [5.41, 5.74) is 0.598. The summed E-state index contributed by atoms with van der Waals surface area (Å²) < 4.78 is 19.4. The van der Waals surface area contributed by atoms with Crippen LogP contribution in [0.25, 0.3) is 0 Å². The van der Waals surface area contributed by atoms with Gasteiger partial charge >= 0.3 is 37.4 Å². The average molecular weight is 285 g/mol. The number of amides is 1. The van der Waals surface area contributed by atoms with E-state index in [0.717, 1.165) is 0 Å². The van der Waals surface area contributed by atoms with Gasteiger partial charge in [-0.05, 0) is 24.3 Å². The zero-order valence-electron chi connectivity index (χ0n) is 8.99. The number of carbonyl (C=O) groups is 1. The van der Waals surface area contributed by atoms with E-state index in [1.54, 1.807) is 12.1 Å². The van der Waals surface area contributed by atoms with Crippen LogP contribution in [0.1, 0.15) is 6.92 Å². The van der Waals surface area contributed by atoms with Crippen LogP contribution in [-0.2, 0) is 13.9 Å². The second kappa shape index (κ2) is 7.91. The van der Waals surface area contributed by atoms with Crippen molar-refractivity contribution >= 4 is 49.0 Å². The van der Waals surface area contributed by atoms with Crippen molar-refractivity contribution in [2.24, 2.45) is 0 Å². The molecule has 0 heterocycles. The molecule has 18 heavy (non-hydrogen) atoms. The average Bonchev–Trinajstić information content (AvgIpc) is 2.18. The number of rotatable bonds is 5. The van der Waals surface area contributed by atoms with Crippen molar-refractivity contribution in [1.82, 2.24) is 0 Å². The van der Waals surface area contributed by atoms with Gasteiger partial charge in [0.1, 0.15) is 5.75 Å². The molecule has 3 N–H and O–H groups in total. The molecular weight excluding hydrogens is 272 g/mol. The van der Waals surface area contributed by atoms with Gasteiger partial charge in [-0.2, -0.15) is 0 Å². The molecule has 1 aromatic rings. The molecule has 9 heteroatoms. The monoisotopic (exact) mass is 285 g/mol. The zero-order valence-corrected chi connectivity index (χ0v) is 9.89. The van der Waals surface area contributed by atoms with E-state index in [-0.39, 0.29) is 35.5 Å².